The van der Waals surface area contributed by atoms with Gasteiger partial charge < -0.3 is 20.5 Å². The second kappa shape index (κ2) is 6.43. The molecule has 5 nitrogen and oxygen atoms in total. The van der Waals surface area contributed by atoms with Gasteiger partial charge in [0, 0.05) is 25.6 Å². The Labute approximate surface area is 113 Å². The predicted octanol–water partition coefficient (Wildman–Crippen LogP) is 1.59. The van der Waals surface area contributed by atoms with Crippen LogP contribution in [-0.2, 0) is 9.53 Å². The Kier molecular flexibility index (Phi) is 4.63. The van der Waals surface area contributed by atoms with Crippen LogP contribution >= 0.6 is 0 Å². The highest BCUT2D eigenvalue weighted by Crippen LogP contribution is 2.25. The topological polar surface area (TPSA) is 75.8 Å². The number of benzene rings is 1. The number of nitrogens with two attached hydrogens (primary N) is 1. The Morgan fingerprint density at radius 2 is 2.26 bits per heavy atom. The number of carboxylic acids is 1. The Bertz CT molecular complexity index is 430. The summed E-state index contributed by atoms with van der Waals surface area (Å²) in [6.45, 7) is 2.81. The highest BCUT2D eigenvalue weighted by molar-refractivity contribution is 5.70. The lowest BCUT2D eigenvalue weighted by Crippen LogP contribution is -2.32. The molecule has 1 fully saturated rings. The summed E-state index contributed by atoms with van der Waals surface area (Å²) in [5, 5.41) is 8.86. The quantitative estimate of drug-likeness (QED) is 0.763. The fraction of sp³-hybridized carbons (Fsp3) is 0.500. The van der Waals surface area contributed by atoms with Gasteiger partial charge in [0.2, 0.25) is 0 Å². The fourth-order valence-electron chi connectivity index (χ4n) is 2.36. The molecule has 19 heavy (non-hydrogen) atoms. The number of anilines is 2. The van der Waals surface area contributed by atoms with Crippen LogP contribution in [-0.4, -0.2) is 37.4 Å². The molecular formula is C14H20N2O3. The van der Waals surface area contributed by atoms with Crippen molar-refractivity contribution >= 4 is 17.3 Å². The van der Waals surface area contributed by atoms with Crippen LogP contribution in [0.15, 0.2) is 24.3 Å². The summed E-state index contributed by atoms with van der Waals surface area (Å²) in [6.07, 6.45) is 1.14. The third-order valence-electron chi connectivity index (χ3n) is 3.38. The van der Waals surface area contributed by atoms with Crippen LogP contribution in [0.1, 0.15) is 12.8 Å². The minimum absolute atomic E-state index is 0.113. The first-order valence-corrected chi connectivity index (χ1v) is 6.56. The van der Waals surface area contributed by atoms with E-state index in [9.17, 15) is 4.79 Å². The molecule has 0 aromatic heterocycles. The van der Waals surface area contributed by atoms with Crippen molar-refractivity contribution in [2.75, 3.05) is 36.9 Å². The van der Waals surface area contributed by atoms with E-state index >= 15 is 0 Å². The van der Waals surface area contributed by atoms with Crippen molar-refractivity contribution in [3.63, 3.8) is 0 Å². The van der Waals surface area contributed by atoms with Crippen LogP contribution in [0.5, 0.6) is 0 Å². The minimum atomic E-state index is -0.790. The van der Waals surface area contributed by atoms with Gasteiger partial charge in [-0.1, -0.05) is 12.1 Å². The molecule has 1 aliphatic rings. The summed E-state index contributed by atoms with van der Waals surface area (Å²) < 4.78 is 5.38. The van der Waals surface area contributed by atoms with Crippen molar-refractivity contribution in [3.05, 3.63) is 24.3 Å². The summed E-state index contributed by atoms with van der Waals surface area (Å²) in [7, 11) is 0. The van der Waals surface area contributed by atoms with Crippen molar-refractivity contribution in [1.82, 2.24) is 0 Å². The Morgan fingerprint density at radius 3 is 2.89 bits per heavy atom. The molecule has 2 rings (SSSR count). The van der Waals surface area contributed by atoms with Crippen LogP contribution in [0, 0.1) is 5.92 Å². The second-order valence-electron chi connectivity index (χ2n) is 4.88. The van der Waals surface area contributed by atoms with Crippen molar-refractivity contribution in [2.24, 2.45) is 5.92 Å². The van der Waals surface area contributed by atoms with Gasteiger partial charge in [0.25, 0.3) is 0 Å². The number of para-hydroxylation sites is 2. The van der Waals surface area contributed by atoms with Gasteiger partial charge in [-0.2, -0.15) is 0 Å². The number of ether oxygens (including phenoxy) is 1. The Balaban J connectivity index is 2.08. The zero-order valence-electron chi connectivity index (χ0n) is 10.9. The maximum absolute atomic E-state index is 10.8. The standard InChI is InChI=1S/C14H20N2O3/c15-12-3-1-2-4-13(12)16(7-5-14(17)18)9-11-6-8-19-10-11/h1-4,11H,5-10,15H2,(H,17,18). The first-order valence-electron chi connectivity index (χ1n) is 6.56. The maximum Gasteiger partial charge on any atom is 0.305 e. The smallest absolute Gasteiger partial charge is 0.305 e. The molecule has 0 radical (unpaired) electrons. The number of carboxylic acid groups (broad SMARTS) is 1. The Hall–Kier alpha value is -1.75. The molecule has 1 heterocycles. The van der Waals surface area contributed by atoms with Crippen molar-refractivity contribution in [2.45, 2.75) is 12.8 Å². The van der Waals surface area contributed by atoms with Crippen molar-refractivity contribution in [1.29, 1.82) is 0 Å². The van der Waals surface area contributed by atoms with E-state index in [-0.39, 0.29) is 6.42 Å². The van der Waals surface area contributed by atoms with E-state index in [1.807, 2.05) is 24.3 Å². The first kappa shape index (κ1) is 13.7. The molecule has 1 aliphatic heterocycles. The molecule has 0 aliphatic carbocycles. The molecule has 3 N–H and O–H groups in total. The number of rotatable bonds is 6. The normalized spacial score (nSPS) is 18.4. The molecule has 5 heteroatoms. The van der Waals surface area contributed by atoms with E-state index in [0.717, 1.165) is 31.9 Å². The number of hydrogen-bond acceptors (Lipinski definition) is 4. The average Bonchev–Trinajstić information content (AvgIpc) is 2.88. The second-order valence-corrected chi connectivity index (χ2v) is 4.88. The zero-order chi connectivity index (χ0) is 13.7. The molecule has 1 unspecified atom stereocenters. The van der Waals surface area contributed by atoms with Crippen LogP contribution in [0.4, 0.5) is 11.4 Å². The third kappa shape index (κ3) is 3.86. The third-order valence-corrected chi connectivity index (χ3v) is 3.38. The van der Waals surface area contributed by atoms with Crippen molar-refractivity contribution < 1.29 is 14.6 Å². The lowest BCUT2D eigenvalue weighted by atomic mass is 10.1. The maximum atomic E-state index is 10.8. The summed E-state index contributed by atoms with van der Waals surface area (Å²) in [5.41, 5.74) is 7.58. The molecule has 1 aromatic rings. The molecule has 0 spiro atoms. The summed E-state index contributed by atoms with van der Waals surface area (Å²) >= 11 is 0. The average molecular weight is 264 g/mol. The SMILES string of the molecule is Nc1ccccc1N(CCC(=O)O)CC1CCOC1. The van der Waals surface area contributed by atoms with Gasteiger partial charge >= 0.3 is 5.97 Å². The summed E-state index contributed by atoms with van der Waals surface area (Å²) in [5.74, 6) is -0.337. The van der Waals surface area contributed by atoms with E-state index < -0.39 is 5.97 Å². The predicted molar refractivity (Wildman–Crippen MR) is 74.2 cm³/mol. The number of carbonyl (C=O) groups is 1. The number of hydrogen-bond donors (Lipinski definition) is 2. The van der Waals surface area contributed by atoms with E-state index in [4.69, 9.17) is 15.6 Å². The number of nitrogens with zero attached hydrogens (tertiary/aromatic N) is 1. The molecule has 0 bridgehead atoms. The molecule has 104 valence electrons. The molecule has 0 amide bonds. The number of nitrogen functional groups attached to an aromatic ring is 1. The highest BCUT2D eigenvalue weighted by Gasteiger charge is 2.20. The summed E-state index contributed by atoms with van der Waals surface area (Å²) in [4.78, 5) is 12.8. The van der Waals surface area contributed by atoms with E-state index in [1.165, 1.54) is 0 Å². The molecule has 0 saturated carbocycles. The largest absolute Gasteiger partial charge is 0.481 e. The summed E-state index contributed by atoms with van der Waals surface area (Å²) in [6, 6.07) is 7.58. The van der Waals surface area contributed by atoms with Gasteiger partial charge in [-0.15, -0.1) is 0 Å². The fourth-order valence-corrected chi connectivity index (χ4v) is 2.36. The highest BCUT2D eigenvalue weighted by atomic mass is 16.5. The van der Waals surface area contributed by atoms with Crippen LogP contribution in [0.2, 0.25) is 0 Å². The van der Waals surface area contributed by atoms with Gasteiger partial charge in [-0.3, -0.25) is 4.79 Å². The van der Waals surface area contributed by atoms with Crippen molar-refractivity contribution in [3.8, 4) is 0 Å². The van der Waals surface area contributed by atoms with Gasteiger partial charge in [0.1, 0.15) is 0 Å². The van der Waals surface area contributed by atoms with Crippen LogP contribution < -0.4 is 10.6 Å². The lowest BCUT2D eigenvalue weighted by Gasteiger charge is -2.28. The molecule has 1 atom stereocenters. The van der Waals surface area contributed by atoms with Crippen LogP contribution in [0.25, 0.3) is 0 Å². The number of aliphatic carboxylic acids is 1. The van der Waals surface area contributed by atoms with Gasteiger partial charge in [0.05, 0.1) is 24.4 Å². The zero-order valence-corrected chi connectivity index (χ0v) is 10.9. The molecular weight excluding hydrogens is 244 g/mol. The molecule has 1 saturated heterocycles. The monoisotopic (exact) mass is 264 g/mol. The lowest BCUT2D eigenvalue weighted by molar-refractivity contribution is -0.136. The van der Waals surface area contributed by atoms with Gasteiger partial charge in [0.15, 0.2) is 0 Å². The van der Waals surface area contributed by atoms with Gasteiger partial charge in [-0.05, 0) is 18.6 Å². The van der Waals surface area contributed by atoms with E-state index in [0.29, 0.717) is 18.2 Å². The van der Waals surface area contributed by atoms with Crippen LogP contribution in [0.3, 0.4) is 0 Å². The first-order chi connectivity index (χ1) is 9.16. The van der Waals surface area contributed by atoms with Gasteiger partial charge in [-0.25, -0.2) is 0 Å². The Morgan fingerprint density at radius 1 is 1.47 bits per heavy atom. The van der Waals surface area contributed by atoms with E-state index in [2.05, 4.69) is 4.90 Å². The minimum Gasteiger partial charge on any atom is -0.481 e. The molecule has 1 aromatic carbocycles. The van der Waals surface area contributed by atoms with E-state index in [1.54, 1.807) is 0 Å².